The van der Waals surface area contributed by atoms with E-state index in [4.69, 9.17) is 14.2 Å². The standard InChI is InChI=1S/C29H47BrN4O5/c1-5-6-7-11-16-34-18-22(32-33-34)19-37-25(35)12-9-8-10-15-31-27-26(30)28(36)39-29(27)38-24-17-21(4)13-14-23(24)20(2)3/h18,20-21,23-24,29,31H,5-17,19H2,1-4H3/t21-,23+,24-,29+/m1/s1. The van der Waals surface area contributed by atoms with E-state index in [2.05, 4.69) is 59.3 Å². The molecule has 4 atom stereocenters. The molecule has 220 valence electrons. The van der Waals surface area contributed by atoms with Gasteiger partial charge in [0.1, 0.15) is 22.5 Å². The number of nitrogens with zero attached hydrogens (tertiary/aromatic N) is 3. The summed E-state index contributed by atoms with van der Waals surface area (Å²) in [6.45, 7) is 10.6. The molecule has 1 fully saturated rings. The van der Waals surface area contributed by atoms with Gasteiger partial charge in [-0.1, -0.05) is 65.0 Å². The fourth-order valence-electron chi connectivity index (χ4n) is 5.34. The van der Waals surface area contributed by atoms with Gasteiger partial charge < -0.3 is 19.5 Å². The number of aromatic nitrogens is 3. The Morgan fingerprint density at radius 1 is 1.21 bits per heavy atom. The summed E-state index contributed by atoms with van der Waals surface area (Å²) < 4.78 is 19.5. The van der Waals surface area contributed by atoms with Crippen LogP contribution in [0.4, 0.5) is 0 Å². The molecule has 1 aliphatic heterocycles. The number of esters is 2. The first-order valence-electron chi connectivity index (χ1n) is 14.8. The van der Waals surface area contributed by atoms with E-state index in [1.807, 2.05) is 10.9 Å². The molecular formula is C29H47BrN4O5. The molecule has 2 aliphatic rings. The molecule has 9 nitrogen and oxygen atoms in total. The maximum Gasteiger partial charge on any atom is 0.349 e. The van der Waals surface area contributed by atoms with E-state index in [0.29, 0.717) is 46.6 Å². The number of hydrogen-bond donors (Lipinski definition) is 1. The molecule has 2 heterocycles. The van der Waals surface area contributed by atoms with Gasteiger partial charge in [0.05, 0.1) is 12.3 Å². The number of aryl methyl sites for hydroxylation is 1. The van der Waals surface area contributed by atoms with Gasteiger partial charge in [-0.3, -0.25) is 9.48 Å². The number of unbranched alkanes of at least 4 members (excludes halogenated alkanes) is 5. The molecular weight excluding hydrogens is 564 g/mol. The molecule has 1 aromatic heterocycles. The molecule has 10 heteroatoms. The lowest BCUT2D eigenvalue weighted by Crippen LogP contribution is -2.39. The fourth-order valence-corrected chi connectivity index (χ4v) is 5.76. The first kappa shape index (κ1) is 31.6. The second kappa shape index (κ2) is 16.4. The minimum atomic E-state index is -0.701. The quantitative estimate of drug-likeness (QED) is 0.169. The molecule has 1 N–H and O–H groups in total. The normalized spacial score (nSPS) is 23.4. The number of halogens is 1. The third-order valence-electron chi connectivity index (χ3n) is 7.71. The van der Waals surface area contributed by atoms with Crippen LogP contribution in [0.1, 0.15) is 104 Å². The van der Waals surface area contributed by atoms with Crippen LogP contribution in [-0.2, 0) is 37.0 Å². The van der Waals surface area contributed by atoms with Crippen LogP contribution in [-0.4, -0.2) is 45.9 Å². The predicted octanol–water partition coefficient (Wildman–Crippen LogP) is 6.02. The highest BCUT2D eigenvalue weighted by Gasteiger charge is 2.39. The Hall–Kier alpha value is -1.94. The number of carbonyl (C=O) groups is 2. The van der Waals surface area contributed by atoms with Crippen molar-refractivity contribution in [2.75, 3.05) is 6.54 Å². The molecule has 0 amide bonds. The van der Waals surface area contributed by atoms with E-state index in [1.165, 1.54) is 25.7 Å². The van der Waals surface area contributed by atoms with E-state index in [-0.39, 0.29) is 18.7 Å². The monoisotopic (exact) mass is 610 g/mol. The molecule has 0 aromatic carbocycles. The van der Waals surface area contributed by atoms with Gasteiger partial charge >= 0.3 is 11.9 Å². The fraction of sp³-hybridized carbons (Fsp3) is 0.793. The lowest BCUT2D eigenvalue weighted by atomic mass is 9.75. The summed E-state index contributed by atoms with van der Waals surface area (Å²) in [5.74, 6) is 0.960. The summed E-state index contributed by atoms with van der Waals surface area (Å²) in [5.41, 5.74) is 1.34. The minimum absolute atomic E-state index is 0.0723. The number of nitrogens with one attached hydrogen (secondary N) is 1. The topological polar surface area (TPSA) is 105 Å². The van der Waals surface area contributed by atoms with Crippen LogP contribution < -0.4 is 5.32 Å². The van der Waals surface area contributed by atoms with Crippen molar-refractivity contribution in [1.82, 2.24) is 20.3 Å². The molecule has 0 saturated heterocycles. The highest BCUT2D eigenvalue weighted by Crippen LogP contribution is 2.38. The van der Waals surface area contributed by atoms with Crippen LogP contribution in [0.2, 0.25) is 0 Å². The summed E-state index contributed by atoms with van der Waals surface area (Å²) in [6, 6.07) is 0. The predicted molar refractivity (Wildman–Crippen MR) is 152 cm³/mol. The average Bonchev–Trinajstić information content (AvgIpc) is 3.46. The van der Waals surface area contributed by atoms with Gasteiger partial charge in [0.25, 0.3) is 0 Å². The molecule has 0 spiro atoms. The lowest BCUT2D eigenvalue weighted by Gasteiger charge is -2.38. The van der Waals surface area contributed by atoms with Gasteiger partial charge in [-0.25, -0.2) is 4.79 Å². The van der Waals surface area contributed by atoms with E-state index in [0.717, 1.165) is 45.1 Å². The Morgan fingerprint density at radius 2 is 2.00 bits per heavy atom. The smallest absolute Gasteiger partial charge is 0.349 e. The highest BCUT2D eigenvalue weighted by molar-refractivity contribution is 9.12. The Labute approximate surface area is 241 Å². The molecule has 39 heavy (non-hydrogen) atoms. The molecule has 0 unspecified atom stereocenters. The van der Waals surface area contributed by atoms with Crippen LogP contribution in [0.25, 0.3) is 0 Å². The van der Waals surface area contributed by atoms with E-state index < -0.39 is 12.3 Å². The number of ether oxygens (including phenoxy) is 3. The Morgan fingerprint density at radius 3 is 2.77 bits per heavy atom. The third kappa shape index (κ3) is 10.2. The largest absolute Gasteiger partial charge is 0.459 e. The van der Waals surface area contributed by atoms with Crippen LogP contribution in [0, 0.1) is 17.8 Å². The summed E-state index contributed by atoms with van der Waals surface area (Å²) in [7, 11) is 0. The zero-order valence-electron chi connectivity index (χ0n) is 24.1. The van der Waals surface area contributed by atoms with Gasteiger partial charge in [-0.2, -0.15) is 0 Å². The minimum Gasteiger partial charge on any atom is -0.459 e. The summed E-state index contributed by atoms with van der Waals surface area (Å²) >= 11 is 3.38. The van der Waals surface area contributed by atoms with Crippen molar-refractivity contribution >= 4 is 27.9 Å². The van der Waals surface area contributed by atoms with Crippen molar-refractivity contribution in [3.8, 4) is 0 Å². The van der Waals surface area contributed by atoms with Gasteiger partial charge in [-0.05, 0) is 65.8 Å². The maximum atomic E-state index is 12.3. The Balaban J connectivity index is 1.32. The summed E-state index contributed by atoms with van der Waals surface area (Å²) in [4.78, 5) is 24.4. The van der Waals surface area contributed by atoms with Crippen LogP contribution in [0.5, 0.6) is 0 Å². The molecule has 3 rings (SSSR count). The zero-order valence-corrected chi connectivity index (χ0v) is 25.7. The van der Waals surface area contributed by atoms with Gasteiger partial charge in [-0.15, -0.1) is 5.10 Å². The van der Waals surface area contributed by atoms with Crippen molar-refractivity contribution in [1.29, 1.82) is 0 Å². The van der Waals surface area contributed by atoms with Crippen molar-refractivity contribution in [3.05, 3.63) is 22.1 Å². The SMILES string of the molecule is CCCCCCn1cc(COC(=O)CCCCCNC2=C(Br)C(=O)O[C@@H]2O[C@@H]2C[C@H](C)CC[C@H]2C(C)C)nn1. The van der Waals surface area contributed by atoms with E-state index >= 15 is 0 Å². The van der Waals surface area contributed by atoms with Crippen LogP contribution in [0.15, 0.2) is 16.4 Å². The van der Waals surface area contributed by atoms with Crippen molar-refractivity contribution in [2.24, 2.45) is 17.8 Å². The second-order valence-electron chi connectivity index (χ2n) is 11.4. The molecule has 1 saturated carbocycles. The van der Waals surface area contributed by atoms with E-state index in [1.54, 1.807) is 0 Å². The highest BCUT2D eigenvalue weighted by atomic mass is 79.9. The molecule has 1 aromatic rings. The third-order valence-corrected chi connectivity index (χ3v) is 8.46. The first-order chi connectivity index (χ1) is 18.8. The number of carbonyl (C=O) groups excluding carboxylic acids is 2. The Kier molecular flexibility index (Phi) is 13.2. The zero-order chi connectivity index (χ0) is 28.2. The van der Waals surface area contributed by atoms with E-state index in [9.17, 15) is 9.59 Å². The average molecular weight is 612 g/mol. The van der Waals surface area contributed by atoms with Crippen LogP contribution >= 0.6 is 15.9 Å². The van der Waals surface area contributed by atoms with Crippen molar-refractivity contribution in [2.45, 2.75) is 124 Å². The maximum absolute atomic E-state index is 12.3. The molecule has 1 aliphatic carbocycles. The molecule has 0 radical (unpaired) electrons. The van der Waals surface area contributed by atoms with Crippen molar-refractivity contribution in [3.63, 3.8) is 0 Å². The van der Waals surface area contributed by atoms with Gasteiger partial charge in [0.15, 0.2) is 0 Å². The lowest BCUT2D eigenvalue weighted by molar-refractivity contribution is -0.182. The Bertz CT molecular complexity index is 950. The summed E-state index contributed by atoms with van der Waals surface area (Å²) in [6.07, 6.45) is 12.1. The summed E-state index contributed by atoms with van der Waals surface area (Å²) in [5, 5.41) is 11.5. The van der Waals surface area contributed by atoms with Gasteiger partial charge in [0.2, 0.25) is 6.29 Å². The number of rotatable bonds is 17. The number of cyclic esters (lactones) is 1. The van der Waals surface area contributed by atoms with Gasteiger partial charge in [0, 0.05) is 19.5 Å². The second-order valence-corrected chi connectivity index (χ2v) is 12.2. The first-order valence-corrected chi connectivity index (χ1v) is 15.6. The van der Waals surface area contributed by atoms with Crippen LogP contribution in [0.3, 0.4) is 0 Å². The number of hydrogen-bond acceptors (Lipinski definition) is 8. The van der Waals surface area contributed by atoms with Crippen molar-refractivity contribution < 1.29 is 23.8 Å². The molecule has 0 bridgehead atoms.